The van der Waals surface area contributed by atoms with E-state index in [2.05, 4.69) is 0 Å². The maximum atomic E-state index is 11.1. The average Bonchev–Trinajstić information content (AvgIpc) is 2.24. The van der Waals surface area contributed by atoms with Gasteiger partial charge >= 0.3 is 0 Å². The van der Waals surface area contributed by atoms with E-state index in [1.807, 2.05) is 6.92 Å². The van der Waals surface area contributed by atoms with Gasteiger partial charge in [0.25, 0.3) is 5.91 Å². The molecule has 0 spiro atoms. The number of hydrogen-bond donors (Lipinski definition) is 1. The Balaban J connectivity index is 2.90. The van der Waals surface area contributed by atoms with Crippen molar-refractivity contribution in [2.45, 2.75) is 26.3 Å². The summed E-state index contributed by atoms with van der Waals surface area (Å²) in [7, 11) is 0. The molecule has 0 aromatic heterocycles. The lowest BCUT2D eigenvalue weighted by Gasteiger charge is -2.20. The average molecular weight is 169 g/mol. The summed E-state index contributed by atoms with van der Waals surface area (Å²) in [5, 5.41) is 9.23. The molecule has 4 nitrogen and oxygen atoms in total. The molecule has 0 saturated carbocycles. The summed E-state index contributed by atoms with van der Waals surface area (Å²) in [6, 6.07) is -0.449. The SMILES string of the molecule is CCC1C(O)=CC(=O)N1C(C)=O. The molecule has 0 aliphatic carbocycles. The molecule has 0 fully saturated rings. The second-order valence-electron chi connectivity index (χ2n) is 2.72. The van der Waals surface area contributed by atoms with Gasteiger partial charge in [-0.25, -0.2) is 0 Å². The first-order valence-corrected chi connectivity index (χ1v) is 3.82. The predicted octanol–water partition coefficient (Wildman–Crippen LogP) is 0.596. The van der Waals surface area contributed by atoms with Crippen LogP contribution in [-0.2, 0) is 9.59 Å². The van der Waals surface area contributed by atoms with Gasteiger partial charge in [-0.05, 0) is 6.42 Å². The Morgan fingerprint density at radius 2 is 2.33 bits per heavy atom. The van der Waals surface area contributed by atoms with Crippen molar-refractivity contribution in [3.05, 3.63) is 11.8 Å². The van der Waals surface area contributed by atoms with E-state index in [1.54, 1.807) is 0 Å². The predicted molar refractivity (Wildman–Crippen MR) is 42.3 cm³/mol. The molecule has 0 aromatic carbocycles. The third-order valence-corrected chi connectivity index (χ3v) is 1.89. The summed E-state index contributed by atoms with van der Waals surface area (Å²) in [6.45, 7) is 3.12. The van der Waals surface area contributed by atoms with Gasteiger partial charge in [-0.15, -0.1) is 0 Å². The van der Waals surface area contributed by atoms with Crippen molar-refractivity contribution >= 4 is 11.8 Å². The van der Waals surface area contributed by atoms with Gasteiger partial charge < -0.3 is 5.11 Å². The van der Waals surface area contributed by atoms with Gasteiger partial charge in [0.15, 0.2) is 0 Å². The van der Waals surface area contributed by atoms with Crippen molar-refractivity contribution < 1.29 is 14.7 Å². The van der Waals surface area contributed by atoms with E-state index in [0.29, 0.717) is 6.42 Å². The highest BCUT2D eigenvalue weighted by molar-refractivity contribution is 6.03. The van der Waals surface area contributed by atoms with E-state index >= 15 is 0 Å². The quantitative estimate of drug-likeness (QED) is 0.625. The van der Waals surface area contributed by atoms with E-state index in [9.17, 15) is 14.7 Å². The highest BCUT2D eigenvalue weighted by Gasteiger charge is 2.33. The zero-order valence-corrected chi connectivity index (χ0v) is 7.07. The number of carbonyl (C=O) groups is 2. The van der Waals surface area contributed by atoms with Gasteiger partial charge in [-0.1, -0.05) is 6.92 Å². The standard InChI is InChI=1S/C8H11NO3/c1-3-6-7(11)4-8(12)9(6)5(2)10/h4,6,11H,3H2,1-2H3. The van der Waals surface area contributed by atoms with Gasteiger partial charge in [-0.2, -0.15) is 0 Å². The fraction of sp³-hybridized carbons (Fsp3) is 0.500. The number of amides is 2. The molecule has 4 heteroatoms. The van der Waals surface area contributed by atoms with Crippen LogP contribution in [0.1, 0.15) is 20.3 Å². The lowest BCUT2D eigenvalue weighted by molar-refractivity contribution is -0.141. The second kappa shape index (κ2) is 2.97. The molecule has 0 saturated heterocycles. The smallest absolute Gasteiger partial charge is 0.257 e. The minimum atomic E-state index is -0.449. The maximum Gasteiger partial charge on any atom is 0.257 e. The van der Waals surface area contributed by atoms with Gasteiger partial charge in [0, 0.05) is 13.0 Å². The van der Waals surface area contributed by atoms with E-state index < -0.39 is 11.9 Å². The molecular weight excluding hydrogens is 158 g/mol. The molecule has 2 amide bonds. The number of hydrogen-bond acceptors (Lipinski definition) is 3. The summed E-state index contributed by atoms with van der Waals surface area (Å²) >= 11 is 0. The van der Waals surface area contributed by atoms with E-state index in [0.717, 1.165) is 11.0 Å². The Hall–Kier alpha value is -1.32. The first-order valence-electron chi connectivity index (χ1n) is 3.82. The second-order valence-corrected chi connectivity index (χ2v) is 2.72. The number of imide groups is 1. The summed E-state index contributed by atoms with van der Waals surface area (Å²) in [6.07, 6.45) is 1.64. The first kappa shape index (κ1) is 8.77. The lowest BCUT2D eigenvalue weighted by atomic mass is 10.2. The molecule has 1 unspecified atom stereocenters. The van der Waals surface area contributed by atoms with Crippen LogP contribution in [0.5, 0.6) is 0 Å². The molecule has 1 heterocycles. The van der Waals surface area contributed by atoms with Gasteiger partial charge in [-0.3, -0.25) is 14.5 Å². The zero-order chi connectivity index (χ0) is 9.30. The summed E-state index contributed by atoms with van der Waals surface area (Å²) in [5.74, 6) is -0.767. The Bertz CT molecular complexity index is 257. The third kappa shape index (κ3) is 1.20. The fourth-order valence-electron chi connectivity index (χ4n) is 1.34. The molecule has 1 N–H and O–H groups in total. The van der Waals surface area contributed by atoms with Crippen molar-refractivity contribution in [3.63, 3.8) is 0 Å². The zero-order valence-electron chi connectivity index (χ0n) is 7.07. The molecule has 1 rings (SSSR count). The molecule has 1 atom stereocenters. The van der Waals surface area contributed by atoms with Gasteiger partial charge in [0.2, 0.25) is 5.91 Å². The number of rotatable bonds is 1. The monoisotopic (exact) mass is 169 g/mol. The van der Waals surface area contributed by atoms with Crippen LogP contribution in [0.3, 0.4) is 0 Å². The Morgan fingerprint density at radius 3 is 2.67 bits per heavy atom. The molecule has 12 heavy (non-hydrogen) atoms. The highest BCUT2D eigenvalue weighted by atomic mass is 16.3. The van der Waals surface area contributed by atoms with E-state index in [-0.39, 0.29) is 11.7 Å². The van der Waals surface area contributed by atoms with Crippen LogP contribution < -0.4 is 0 Å². The van der Waals surface area contributed by atoms with Crippen LogP contribution in [0, 0.1) is 0 Å². The number of aliphatic hydroxyl groups is 1. The first-order chi connectivity index (χ1) is 5.57. The van der Waals surface area contributed by atoms with Crippen molar-refractivity contribution in [2.24, 2.45) is 0 Å². The molecule has 1 aliphatic heterocycles. The molecule has 1 aliphatic rings. The van der Waals surface area contributed by atoms with Crippen molar-refractivity contribution in [1.29, 1.82) is 0 Å². The summed E-state index contributed by atoms with van der Waals surface area (Å²) in [5.41, 5.74) is 0. The molecular formula is C8H11NO3. The van der Waals surface area contributed by atoms with Crippen molar-refractivity contribution in [2.75, 3.05) is 0 Å². The number of nitrogens with zero attached hydrogens (tertiary/aromatic N) is 1. The highest BCUT2D eigenvalue weighted by Crippen LogP contribution is 2.19. The third-order valence-electron chi connectivity index (χ3n) is 1.89. The Kier molecular flexibility index (Phi) is 2.17. The lowest BCUT2D eigenvalue weighted by Crippen LogP contribution is -2.38. The fourth-order valence-corrected chi connectivity index (χ4v) is 1.34. The molecule has 66 valence electrons. The Morgan fingerprint density at radius 1 is 1.75 bits per heavy atom. The minimum Gasteiger partial charge on any atom is -0.510 e. The number of aliphatic hydroxyl groups excluding tert-OH is 1. The van der Waals surface area contributed by atoms with E-state index in [4.69, 9.17) is 0 Å². The van der Waals surface area contributed by atoms with Crippen LogP contribution in [0.4, 0.5) is 0 Å². The maximum absolute atomic E-state index is 11.1. The van der Waals surface area contributed by atoms with Crippen LogP contribution in [0.2, 0.25) is 0 Å². The Labute approximate surface area is 70.5 Å². The van der Waals surface area contributed by atoms with Gasteiger partial charge in [0.1, 0.15) is 5.76 Å². The van der Waals surface area contributed by atoms with E-state index in [1.165, 1.54) is 6.92 Å². The van der Waals surface area contributed by atoms with Crippen molar-refractivity contribution in [1.82, 2.24) is 4.90 Å². The largest absolute Gasteiger partial charge is 0.510 e. The van der Waals surface area contributed by atoms with Crippen LogP contribution in [0.15, 0.2) is 11.8 Å². The number of carbonyl (C=O) groups excluding carboxylic acids is 2. The summed E-state index contributed by atoms with van der Waals surface area (Å²) in [4.78, 5) is 23.1. The van der Waals surface area contributed by atoms with Crippen LogP contribution >= 0.6 is 0 Å². The van der Waals surface area contributed by atoms with Gasteiger partial charge in [0.05, 0.1) is 6.04 Å². The topological polar surface area (TPSA) is 57.6 Å². The molecule has 0 radical (unpaired) electrons. The van der Waals surface area contributed by atoms with Crippen LogP contribution in [-0.4, -0.2) is 27.9 Å². The van der Waals surface area contributed by atoms with Crippen molar-refractivity contribution in [3.8, 4) is 0 Å². The molecule has 0 bridgehead atoms. The minimum absolute atomic E-state index is 0.0160. The van der Waals surface area contributed by atoms with Crippen LogP contribution in [0.25, 0.3) is 0 Å². The normalized spacial score (nSPS) is 22.8. The summed E-state index contributed by atoms with van der Waals surface area (Å²) < 4.78 is 0. The molecule has 0 aromatic rings.